The lowest BCUT2D eigenvalue weighted by molar-refractivity contribution is -0.137. The molecule has 3 rings (SSSR count). The van der Waals surface area contributed by atoms with E-state index in [9.17, 15) is 18.4 Å². The number of likely N-dealkylation sites (tertiary alicyclic amines) is 1. The molecule has 7 nitrogen and oxygen atoms in total. The number of hydrogen-bond acceptors (Lipinski definition) is 5. The van der Waals surface area contributed by atoms with Crippen LogP contribution >= 0.6 is 0 Å². The van der Waals surface area contributed by atoms with Gasteiger partial charge in [-0.3, -0.25) is 9.59 Å². The first kappa shape index (κ1) is 24.6. The van der Waals surface area contributed by atoms with Crippen molar-refractivity contribution in [2.24, 2.45) is 0 Å². The van der Waals surface area contributed by atoms with Crippen LogP contribution in [0.5, 0.6) is 5.88 Å². The number of pyridine rings is 1. The summed E-state index contributed by atoms with van der Waals surface area (Å²) in [6.07, 6.45) is 0.536. The van der Waals surface area contributed by atoms with Crippen LogP contribution in [0.4, 0.5) is 14.5 Å². The van der Waals surface area contributed by atoms with Gasteiger partial charge in [0.05, 0.1) is 5.41 Å². The minimum atomic E-state index is -3.07. The summed E-state index contributed by atoms with van der Waals surface area (Å²) >= 11 is 0. The number of ether oxygens (including phenoxy) is 1. The van der Waals surface area contributed by atoms with Crippen LogP contribution in [-0.4, -0.2) is 53.1 Å². The highest BCUT2D eigenvalue weighted by molar-refractivity contribution is 6.01. The molecule has 2 heterocycles. The molecule has 2 N–H and O–H groups in total. The number of carbonyl (C=O) groups is 2. The maximum Gasteiger partial charge on any atom is 0.388 e. The van der Waals surface area contributed by atoms with Crippen LogP contribution in [0.15, 0.2) is 36.4 Å². The van der Waals surface area contributed by atoms with Gasteiger partial charge in [0.1, 0.15) is 5.69 Å². The summed E-state index contributed by atoms with van der Waals surface area (Å²) in [5.41, 5.74) is 1.57. The minimum Gasteiger partial charge on any atom is -0.481 e. The molecule has 0 atom stereocenters. The predicted molar refractivity (Wildman–Crippen MR) is 120 cm³/mol. The molecule has 1 aromatic carbocycles. The largest absolute Gasteiger partial charge is 0.481 e. The summed E-state index contributed by atoms with van der Waals surface area (Å²) in [5.74, 6) is -1.35. The molecular weight excluding hydrogens is 432 g/mol. The van der Waals surface area contributed by atoms with Gasteiger partial charge in [-0.2, -0.15) is 8.78 Å². The van der Waals surface area contributed by atoms with Gasteiger partial charge in [-0.05, 0) is 49.1 Å². The maximum absolute atomic E-state index is 13.6. The molecule has 0 unspecified atom stereocenters. The van der Waals surface area contributed by atoms with E-state index in [1.54, 1.807) is 13.0 Å². The van der Waals surface area contributed by atoms with Crippen molar-refractivity contribution in [3.05, 3.63) is 53.2 Å². The van der Waals surface area contributed by atoms with Crippen LogP contribution in [0.25, 0.3) is 0 Å². The highest BCUT2D eigenvalue weighted by Gasteiger charge is 2.51. The highest BCUT2D eigenvalue weighted by Crippen LogP contribution is 2.40. The normalized spacial score (nSPS) is 15.4. The number of hydrogen-bond donors (Lipinski definition) is 2. The van der Waals surface area contributed by atoms with Gasteiger partial charge in [0.25, 0.3) is 0 Å². The molecule has 178 valence electrons. The lowest BCUT2D eigenvalue weighted by Crippen LogP contribution is -2.65. The monoisotopic (exact) mass is 461 g/mol. The van der Waals surface area contributed by atoms with Gasteiger partial charge in [0.15, 0.2) is 0 Å². The number of aromatic nitrogens is 1. The number of amides is 1. The topological polar surface area (TPSA) is 91.8 Å². The van der Waals surface area contributed by atoms with Gasteiger partial charge >= 0.3 is 12.6 Å². The standard InChI is InChI=1S/C24H29F2N3O4/c1-15(2)17-7-4-5-8-18(17)24(13-29(14-24)12-6-9-20(30)31)22(32)28-19-11-10-16(3)27-21(19)33-23(25)26/h4-5,7-8,10-11,15,23H,6,9,12-14H2,1-3H3,(H,28,32)(H,30,31). The Bertz CT molecular complexity index is 1010. The molecule has 0 saturated carbocycles. The molecule has 9 heteroatoms. The Labute approximate surface area is 191 Å². The fourth-order valence-electron chi connectivity index (χ4n) is 4.25. The molecule has 1 saturated heterocycles. The summed E-state index contributed by atoms with van der Waals surface area (Å²) in [5, 5.41) is 11.7. The second-order valence-corrected chi connectivity index (χ2v) is 8.67. The number of benzene rings is 1. The summed E-state index contributed by atoms with van der Waals surface area (Å²) in [4.78, 5) is 30.5. The quantitative estimate of drug-likeness (QED) is 0.552. The number of nitrogens with zero attached hydrogens (tertiary/aromatic N) is 2. The van der Waals surface area contributed by atoms with Crippen LogP contribution in [0.3, 0.4) is 0 Å². The number of aryl methyl sites for hydroxylation is 1. The third kappa shape index (κ3) is 5.65. The highest BCUT2D eigenvalue weighted by atomic mass is 19.3. The van der Waals surface area contributed by atoms with Crippen LogP contribution in [0.2, 0.25) is 0 Å². The number of rotatable bonds is 10. The number of carboxylic acid groups (broad SMARTS) is 1. The third-order valence-corrected chi connectivity index (χ3v) is 5.83. The lowest BCUT2D eigenvalue weighted by Gasteiger charge is -2.50. The second kappa shape index (κ2) is 10.2. The van der Waals surface area contributed by atoms with Crippen LogP contribution < -0.4 is 10.1 Å². The number of carboxylic acids is 1. The van der Waals surface area contributed by atoms with Crippen LogP contribution in [0.1, 0.15) is 49.4 Å². The predicted octanol–water partition coefficient (Wildman–Crippen LogP) is 4.17. The second-order valence-electron chi connectivity index (χ2n) is 8.67. The summed E-state index contributed by atoms with van der Waals surface area (Å²) in [6.45, 7) is 4.01. The van der Waals surface area contributed by atoms with E-state index < -0.39 is 18.0 Å². The van der Waals surface area contributed by atoms with E-state index in [2.05, 4.69) is 15.0 Å². The Kier molecular flexibility index (Phi) is 7.63. The Morgan fingerprint density at radius 3 is 2.55 bits per heavy atom. The van der Waals surface area contributed by atoms with Crippen molar-refractivity contribution in [3.8, 4) is 5.88 Å². The number of anilines is 1. The molecular formula is C24H29F2N3O4. The van der Waals surface area contributed by atoms with E-state index in [0.717, 1.165) is 11.1 Å². The van der Waals surface area contributed by atoms with E-state index in [0.29, 0.717) is 31.7 Å². The summed E-state index contributed by atoms with van der Waals surface area (Å²) in [6, 6.07) is 10.8. The lowest BCUT2D eigenvalue weighted by atomic mass is 9.69. The van der Waals surface area contributed by atoms with Crippen LogP contribution in [0, 0.1) is 6.92 Å². The van der Waals surface area contributed by atoms with Gasteiger partial charge in [-0.1, -0.05) is 38.1 Å². The Morgan fingerprint density at radius 1 is 1.21 bits per heavy atom. The molecule has 33 heavy (non-hydrogen) atoms. The Morgan fingerprint density at radius 2 is 1.91 bits per heavy atom. The van der Waals surface area contributed by atoms with Crippen molar-refractivity contribution in [1.82, 2.24) is 9.88 Å². The number of halogens is 2. The maximum atomic E-state index is 13.6. The van der Waals surface area contributed by atoms with E-state index in [4.69, 9.17) is 5.11 Å². The van der Waals surface area contributed by atoms with Gasteiger partial charge in [0.2, 0.25) is 11.8 Å². The molecule has 0 spiro atoms. The number of carbonyl (C=O) groups excluding carboxylic acids is 1. The Balaban J connectivity index is 1.90. The molecule has 0 bridgehead atoms. The summed E-state index contributed by atoms with van der Waals surface area (Å²) in [7, 11) is 0. The van der Waals surface area contributed by atoms with E-state index in [1.165, 1.54) is 6.07 Å². The van der Waals surface area contributed by atoms with Gasteiger partial charge in [-0.15, -0.1) is 0 Å². The summed E-state index contributed by atoms with van der Waals surface area (Å²) < 4.78 is 30.3. The van der Waals surface area contributed by atoms with Gasteiger partial charge in [0, 0.05) is 25.2 Å². The molecule has 1 fully saturated rings. The zero-order valence-corrected chi connectivity index (χ0v) is 19.0. The zero-order chi connectivity index (χ0) is 24.2. The number of nitrogens with one attached hydrogen (secondary N) is 1. The Hall–Kier alpha value is -3.07. The molecule has 1 aliphatic rings. The van der Waals surface area contributed by atoms with E-state index in [1.807, 2.05) is 43.0 Å². The average Bonchev–Trinajstić information content (AvgIpc) is 2.71. The smallest absolute Gasteiger partial charge is 0.388 e. The zero-order valence-electron chi connectivity index (χ0n) is 19.0. The molecule has 2 aromatic rings. The third-order valence-electron chi connectivity index (χ3n) is 5.83. The van der Waals surface area contributed by atoms with E-state index in [-0.39, 0.29) is 29.8 Å². The average molecular weight is 462 g/mol. The van der Waals surface area contributed by atoms with Crippen molar-refractivity contribution in [1.29, 1.82) is 0 Å². The number of alkyl halides is 2. The first-order chi connectivity index (χ1) is 15.6. The van der Waals surface area contributed by atoms with Crippen molar-refractivity contribution >= 4 is 17.6 Å². The number of aliphatic carboxylic acids is 1. The first-order valence-corrected chi connectivity index (χ1v) is 10.9. The van der Waals surface area contributed by atoms with Gasteiger partial charge in [-0.25, -0.2) is 4.98 Å². The fourth-order valence-corrected chi connectivity index (χ4v) is 4.25. The van der Waals surface area contributed by atoms with Crippen molar-refractivity contribution < 1.29 is 28.2 Å². The minimum absolute atomic E-state index is 0.0572. The van der Waals surface area contributed by atoms with Crippen molar-refractivity contribution in [3.63, 3.8) is 0 Å². The molecule has 0 aliphatic carbocycles. The van der Waals surface area contributed by atoms with Gasteiger partial charge < -0.3 is 20.1 Å². The van der Waals surface area contributed by atoms with Crippen molar-refractivity contribution in [2.75, 3.05) is 25.0 Å². The SMILES string of the molecule is Cc1ccc(NC(=O)C2(c3ccccc3C(C)C)CN(CCCC(=O)O)C2)c(OC(F)F)n1. The molecule has 0 radical (unpaired) electrons. The fraction of sp³-hybridized carbons (Fsp3) is 0.458. The van der Waals surface area contributed by atoms with E-state index >= 15 is 0 Å². The van der Waals surface area contributed by atoms with Crippen molar-refractivity contribution in [2.45, 2.75) is 51.6 Å². The molecule has 1 aromatic heterocycles. The van der Waals surface area contributed by atoms with Crippen LogP contribution in [-0.2, 0) is 15.0 Å². The first-order valence-electron chi connectivity index (χ1n) is 10.9. The molecule has 1 aliphatic heterocycles. The molecule has 1 amide bonds.